The molecule has 6 heteroatoms. The highest BCUT2D eigenvalue weighted by atomic mass is 16.6. The molecule has 6 nitrogen and oxygen atoms in total. The lowest BCUT2D eigenvalue weighted by atomic mass is 9.79. The first-order valence-corrected chi connectivity index (χ1v) is 6.73. The van der Waals surface area contributed by atoms with Crippen molar-refractivity contribution in [3.8, 4) is 0 Å². The van der Waals surface area contributed by atoms with Gasteiger partial charge < -0.3 is 14.9 Å². The van der Waals surface area contributed by atoms with Gasteiger partial charge in [-0.3, -0.25) is 9.59 Å². The van der Waals surface area contributed by atoms with E-state index >= 15 is 0 Å². The predicted molar refractivity (Wildman–Crippen MR) is 69.6 cm³/mol. The van der Waals surface area contributed by atoms with Gasteiger partial charge in [0, 0.05) is 12.2 Å². The predicted octanol–water partition coefficient (Wildman–Crippen LogP) is 1.28. The molecule has 1 saturated carbocycles. The van der Waals surface area contributed by atoms with Crippen molar-refractivity contribution in [2.45, 2.75) is 39.0 Å². The number of ether oxygens (including phenoxy) is 1. The molecule has 2 unspecified atom stereocenters. The van der Waals surface area contributed by atoms with E-state index in [1.54, 1.807) is 0 Å². The van der Waals surface area contributed by atoms with Gasteiger partial charge in [-0.05, 0) is 26.2 Å². The Kier molecular flexibility index (Phi) is 6.38. The SMILES string of the molecule is CC(=CCCO)C(=O)OC(=O)C1CCCCC1C(=O)O. The molecule has 0 aliphatic heterocycles. The van der Waals surface area contributed by atoms with Gasteiger partial charge in [-0.25, -0.2) is 4.79 Å². The van der Waals surface area contributed by atoms with E-state index < -0.39 is 29.7 Å². The Morgan fingerprint density at radius 2 is 1.80 bits per heavy atom. The Labute approximate surface area is 117 Å². The van der Waals surface area contributed by atoms with Crippen LogP contribution >= 0.6 is 0 Å². The van der Waals surface area contributed by atoms with Crippen molar-refractivity contribution in [3.05, 3.63) is 11.6 Å². The second-order valence-electron chi connectivity index (χ2n) is 4.94. The molecule has 1 rings (SSSR count). The van der Waals surface area contributed by atoms with Crippen LogP contribution in [-0.2, 0) is 19.1 Å². The van der Waals surface area contributed by atoms with E-state index in [-0.39, 0.29) is 12.2 Å². The Hall–Kier alpha value is -1.69. The zero-order valence-electron chi connectivity index (χ0n) is 11.5. The zero-order valence-corrected chi connectivity index (χ0v) is 11.5. The van der Waals surface area contributed by atoms with Gasteiger partial charge in [0.25, 0.3) is 0 Å². The summed E-state index contributed by atoms with van der Waals surface area (Å²) in [6, 6.07) is 0. The van der Waals surface area contributed by atoms with Gasteiger partial charge in [0.1, 0.15) is 0 Å². The summed E-state index contributed by atoms with van der Waals surface area (Å²) < 4.78 is 4.74. The fourth-order valence-corrected chi connectivity index (χ4v) is 2.32. The molecule has 0 saturated heterocycles. The Morgan fingerprint density at radius 3 is 2.35 bits per heavy atom. The van der Waals surface area contributed by atoms with Gasteiger partial charge in [0.2, 0.25) is 0 Å². The van der Waals surface area contributed by atoms with E-state index in [4.69, 9.17) is 14.9 Å². The maximum Gasteiger partial charge on any atom is 0.341 e. The summed E-state index contributed by atoms with van der Waals surface area (Å²) in [6.07, 6.45) is 4.17. The summed E-state index contributed by atoms with van der Waals surface area (Å²) in [5.74, 6) is -4.09. The number of rotatable bonds is 5. The zero-order chi connectivity index (χ0) is 15.1. The monoisotopic (exact) mass is 284 g/mol. The third-order valence-electron chi connectivity index (χ3n) is 3.48. The average molecular weight is 284 g/mol. The van der Waals surface area contributed by atoms with Crippen molar-refractivity contribution in [2.24, 2.45) is 11.8 Å². The minimum absolute atomic E-state index is 0.0950. The summed E-state index contributed by atoms with van der Waals surface area (Å²) in [5.41, 5.74) is 0.232. The summed E-state index contributed by atoms with van der Waals surface area (Å²) in [4.78, 5) is 34.7. The van der Waals surface area contributed by atoms with E-state index in [9.17, 15) is 14.4 Å². The highest BCUT2D eigenvalue weighted by Gasteiger charge is 2.37. The van der Waals surface area contributed by atoms with Crippen molar-refractivity contribution in [1.29, 1.82) is 0 Å². The highest BCUT2D eigenvalue weighted by molar-refractivity contribution is 5.97. The van der Waals surface area contributed by atoms with Gasteiger partial charge >= 0.3 is 17.9 Å². The molecule has 0 heterocycles. The molecule has 20 heavy (non-hydrogen) atoms. The van der Waals surface area contributed by atoms with Crippen LogP contribution in [0, 0.1) is 11.8 Å². The van der Waals surface area contributed by atoms with Crippen LogP contribution in [0.4, 0.5) is 0 Å². The Bertz CT molecular complexity index is 412. The number of hydrogen-bond donors (Lipinski definition) is 2. The summed E-state index contributed by atoms with van der Waals surface area (Å²) in [6.45, 7) is 1.39. The summed E-state index contributed by atoms with van der Waals surface area (Å²) in [7, 11) is 0. The number of hydrogen-bond acceptors (Lipinski definition) is 5. The van der Waals surface area contributed by atoms with Crippen LogP contribution in [0.15, 0.2) is 11.6 Å². The molecule has 112 valence electrons. The number of carboxylic acid groups (broad SMARTS) is 1. The molecule has 0 aromatic rings. The Balaban J connectivity index is 2.64. The second-order valence-corrected chi connectivity index (χ2v) is 4.94. The van der Waals surface area contributed by atoms with Gasteiger partial charge in [-0.2, -0.15) is 0 Å². The number of esters is 2. The van der Waals surface area contributed by atoms with E-state index in [1.807, 2.05) is 0 Å². The number of aliphatic hydroxyl groups excluding tert-OH is 1. The van der Waals surface area contributed by atoms with Crippen molar-refractivity contribution in [3.63, 3.8) is 0 Å². The molecule has 0 spiro atoms. The Morgan fingerprint density at radius 1 is 1.20 bits per heavy atom. The van der Waals surface area contributed by atoms with E-state index in [2.05, 4.69) is 0 Å². The van der Waals surface area contributed by atoms with Crippen molar-refractivity contribution >= 4 is 17.9 Å². The number of carbonyl (C=O) groups is 3. The topological polar surface area (TPSA) is 101 Å². The number of carboxylic acids is 1. The van der Waals surface area contributed by atoms with Crippen molar-refractivity contribution < 1.29 is 29.3 Å². The minimum Gasteiger partial charge on any atom is -0.481 e. The van der Waals surface area contributed by atoms with Crippen LogP contribution < -0.4 is 0 Å². The van der Waals surface area contributed by atoms with E-state index in [0.717, 1.165) is 12.8 Å². The first-order chi connectivity index (χ1) is 9.47. The summed E-state index contributed by atoms with van der Waals surface area (Å²) >= 11 is 0. The van der Waals surface area contributed by atoms with Crippen molar-refractivity contribution in [1.82, 2.24) is 0 Å². The fourth-order valence-electron chi connectivity index (χ4n) is 2.32. The lowest BCUT2D eigenvalue weighted by molar-refractivity contribution is -0.166. The van der Waals surface area contributed by atoms with Crippen LogP contribution in [-0.4, -0.2) is 34.7 Å². The molecule has 0 bridgehead atoms. The molecule has 0 aromatic carbocycles. The molecule has 1 aliphatic rings. The largest absolute Gasteiger partial charge is 0.481 e. The minimum atomic E-state index is -1.02. The van der Waals surface area contributed by atoms with Gasteiger partial charge in [0.15, 0.2) is 0 Å². The molecular weight excluding hydrogens is 264 g/mol. The van der Waals surface area contributed by atoms with Gasteiger partial charge in [-0.1, -0.05) is 18.9 Å². The fraction of sp³-hybridized carbons (Fsp3) is 0.643. The van der Waals surface area contributed by atoms with Crippen LogP contribution in [0.1, 0.15) is 39.0 Å². The molecule has 1 fully saturated rings. The lowest BCUT2D eigenvalue weighted by Gasteiger charge is -2.26. The van der Waals surface area contributed by atoms with E-state index in [0.29, 0.717) is 19.3 Å². The molecule has 0 amide bonds. The number of aliphatic carboxylic acids is 1. The van der Waals surface area contributed by atoms with Gasteiger partial charge in [0.05, 0.1) is 11.8 Å². The molecule has 0 radical (unpaired) electrons. The molecule has 1 aliphatic carbocycles. The van der Waals surface area contributed by atoms with Crippen molar-refractivity contribution in [2.75, 3.05) is 6.61 Å². The van der Waals surface area contributed by atoms with Gasteiger partial charge in [-0.15, -0.1) is 0 Å². The first-order valence-electron chi connectivity index (χ1n) is 6.73. The third kappa shape index (κ3) is 4.45. The summed E-state index contributed by atoms with van der Waals surface area (Å²) in [5, 5.41) is 17.7. The lowest BCUT2D eigenvalue weighted by Crippen LogP contribution is -2.34. The highest BCUT2D eigenvalue weighted by Crippen LogP contribution is 2.31. The average Bonchev–Trinajstić information content (AvgIpc) is 2.44. The maximum absolute atomic E-state index is 11.9. The quantitative estimate of drug-likeness (QED) is 0.448. The van der Waals surface area contributed by atoms with Crippen LogP contribution in [0.2, 0.25) is 0 Å². The molecular formula is C14H20O6. The van der Waals surface area contributed by atoms with E-state index in [1.165, 1.54) is 13.0 Å². The normalized spacial score (nSPS) is 23.2. The maximum atomic E-state index is 11.9. The number of carbonyl (C=O) groups excluding carboxylic acids is 2. The molecule has 0 aromatic heterocycles. The second kappa shape index (κ2) is 7.79. The van der Waals surface area contributed by atoms with Crippen LogP contribution in [0.25, 0.3) is 0 Å². The number of aliphatic hydroxyl groups is 1. The smallest absolute Gasteiger partial charge is 0.341 e. The molecule has 2 atom stereocenters. The first kappa shape index (κ1) is 16.4. The van der Waals surface area contributed by atoms with Crippen LogP contribution in [0.5, 0.6) is 0 Å². The third-order valence-corrected chi connectivity index (χ3v) is 3.48. The standard InChI is InChI=1S/C14H20O6/c1-9(5-4-8-15)13(18)20-14(19)11-7-3-2-6-10(11)12(16)17/h5,10-11,15H,2-4,6-8H2,1H3,(H,16,17). The van der Waals surface area contributed by atoms with Crippen LogP contribution in [0.3, 0.4) is 0 Å². The molecule has 2 N–H and O–H groups in total.